The summed E-state index contributed by atoms with van der Waals surface area (Å²) in [6.45, 7) is 0. The molecular weight excluding hydrogens is 433 g/mol. The smallest absolute Gasteiger partial charge is 0.253 e. The number of carbonyl (C=O) groups excluding carboxylic acids is 2. The van der Waals surface area contributed by atoms with Crippen molar-refractivity contribution in [1.82, 2.24) is 5.32 Å². The van der Waals surface area contributed by atoms with Gasteiger partial charge in [0.1, 0.15) is 17.7 Å². The van der Waals surface area contributed by atoms with Crippen LogP contribution < -0.4 is 10.6 Å². The van der Waals surface area contributed by atoms with Crippen molar-refractivity contribution >= 4 is 40.7 Å². The van der Waals surface area contributed by atoms with E-state index in [-0.39, 0.29) is 22.7 Å². The maximum absolute atomic E-state index is 13.9. The normalized spacial score (nSPS) is 11.6. The second-order valence-corrected chi connectivity index (χ2v) is 7.30. The zero-order valence-electron chi connectivity index (χ0n) is 15.5. The van der Waals surface area contributed by atoms with Gasteiger partial charge in [-0.25, -0.2) is 8.78 Å². The minimum absolute atomic E-state index is 0.128. The second kappa shape index (κ2) is 9.69. The number of rotatable bonds is 6. The predicted molar refractivity (Wildman–Crippen MR) is 113 cm³/mol. The van der Waals surface area contributed by atoms with E-state index in [4.69, 9.17) is 23.2 Å². The molecule has 0 aliphatic rings. The fraction of sp³-hybridized carbons (Fsp3) is 0.0909. The highest BCUT2D eigenvalue weighted by atomic mass is 35.5. The molecule has 0 heterocycles. The van der Waals surface area contributed by atoms with Gasteiger partial charge in [0, 0.05) is 17.5 Å². The Hall–Kier alpha value is -2.96. The molecule has 1 atom stereocenters. The summed E-state index contributed by atoms with van der Waals surface area (Å²) in [6, 6.07) is 15.1. The van der Waals surface area contributed by atoms with E-state index in [0.29, 0.717) is 11.1 Å². The Kier molecular flexibility index (Phi) is 7.03. The van der Waals surface area contributed by atoms with Gasteiger partial charge in [-0.2, -0.15) is 0 Å². The van der Waals surface area contributed by atoms with Gasteiger partial charge in [-0.1, -0.05) is 53.5 Å². The summed E-state index contributed by atoms with van der Waals surface area (Å²) in [5.74, 6) is -2.94. The third-order valence-electron chi connectivity index (χ3n) is 4.27. The van der Waals surface area contributed by atoms with Crippen LogP contribution in [0.1, 0.15) is 15.9 Å². The number of nitrogens with one attached hydrogen (secondary N) is 2. The van der Waals surface area contributed by atoms with Crippen LogP contribution in [-0.2, 0) is 11.2 Å². The van der Waals surface area contributed by atoms with Crippen molar-refractivity contribution in [1.29, 1.82) is 0 Å². The largest absolute Gasteiger partial charge is 0.340 e. The number of benzene rings is 3. The topological polar surface area (TPSA) is 58.2 Å². The number of halogens is 4. The van der Waals surface area contributed by atoms with Gasteiger partial charge < -0.3 is 10.6 Å². The zero-order chi connectivity index (χ0) is 21.7. The van der Waals surface area contributed by atoms with Gasteiger partial charge in [0.2, 0.25) is 5.91 Å². The Morgan fingerprint density at radius 1 is 0.933 bits per heavy atom. The van der Waals surface area contributed by atoms with Crippen LogP contribution in [0.3, 0.4) is 0 Å². The zero-order valence-corrected chi connectivity index (χ0v) is 17.0. The van der Waals surface area contributed by atoms with Gasteiger partial charge in [0.25, 0.3) is 5.91 Å². The van der Waals surface area contributed by atoms with Crippen molar-refractivity contribution in [2.24, 2.45) is 0 Å². The lowest BCUT2D eigenvalue weighted by atomic mass is 10.0. The fourth-order valence-corrected chi connectivity index (χ4v) is 3.27. The molecule has 0 saturated carbocycles. The molecule has 0 aliphatic carbocycles. The molecule has 4 nitrogen and oxygen atoms in total. The lowest BCUT2D eigenvalue weighted by Gasteiger charge is -2.19. The van der Waals surface area contributed by atoms with Crippen molar-refractivity contribution in [3.63, 3.8) is 0 Å². The SMILES string of the molecule is O=C(N[C@H](Cc1ccccc1)C(=O)Nc1ccc(F)cc1F)c1ccc(Cl)cc1Cl. The molecule has 0 spiro atoms. The molecule has 154 valence electrons. The van der Waals surface area contributed by atoms with Crippen molar-refractivity contribution in [3.8, 4) is 0 Å². The van der Waals surface area contributed by atoms with Crippen LogP contribution in [0.5, 0.6) is 0 Å². The standard InChI is InChI=1S/C22H16Cl2F2N2O2/c23-14-6-8-16(17(24)11-14)21(29)28-20(10-13-4-2-1-3-5-13)22(30)27-19-9-7-15(25)12-18(19)26/h1-9,11-12,20H,10H2,(H,27,30)(H,28,29)/t20-/m1/s1. The quantitative estimate of drug-likeness (QED) is 0.540. The maximum Gasteiger partial charge on any atom is 0.253 e. The van der Waals surface area contributed by atoms with Gasteiger partial charge >= 0.3 is 0 Å². The van der Waals surface area contributed by atoms with Crippen LogP contribution in [0.25, 0.3) is 0 Å². The minimum Gasteiger partial charge on any atom is -0.340 e. The summed E-state index contributed by atoms with van der Waals surface area (Å²) in [5, 5.41) is 5.50. The van der Waals surface area contributed by atoms with Crippen LogP contribution in [0.15, 0.2) is 66.7 Å². The Morgan fingerprint density at radius 2 is 1.67 bits per heavy atom. The second-order valence-electron chi connectivity index (χ2n) is 6.45. The van der Waals surface area contributed by atoms with Crippen molar-refractivity contribution in [3.05, 3.63) is 99.5 Å². The minimum atomic E-state index is -1.05. The summed E-state index contributed by atoms with van der Waals surface area (Å²) in [7, 11) is 0. The molecule has 30 heavy (non-hydrogen) atoms. The average molecular weight is 449 g/mol. The van der Waals surface area contributed by atoms with E-state index in [1.54, 1.807) is 24.3 Å². The van der Waals surface area contributed by atoms with Crippen molar-refractivity contribution < 1.29 is 18.4 Å². The van der Waals surface area contributed by atoms with Crippen LogP contribution in [0, 0.1) is 11.6 Å². The summed E-state index contributed by atoms with van der Waals surface area (Å²) in [5.41, 5.74) is 0.720. The molecule has 3 aromatic carbocycles. The highest BCUT2D eigenvalue weighted by Crippen LogP contribution is 2.21. The van der Waals surface area contributed by atoms with E-state index in [0.717, 1.165) is 17.7 Å². The highest BCUT2D eigenvalue weighted by Gasteiger charge is 2.24. The van der Waals surface area contributed by atoms with E-state index in [1.165, 1.54) is 18.2 Å². The highest BCUT2D eigenvalue weighted by molar-refractivity contribution is 6.36. The molecule has 3 rings (SSSR count). The monoisotopic (exact) mass is 448 g/mol. The fourth-order valence-electron chi connectivity index (χ4n) is 2.78. The van der Waals surface area contributed by atoms with Crippen LogP contribution in [0.2, 0.25) is 10.0 Å². The first-order chi connectivity index (χ1) is 14.3. The number of carbonyl (C=O) groups is 2. The first-order valence-corrected chi connectivity index (χ1v) is 9.65. The van der Waals surface area contributed by atoms with E-state index >= 15 is 0 Å². The summed E-state index contributed by atoms with van der Waals surface area (Å²) in [4.78, 5) is 25.5. The number of anilines is 1. The maximum atomic E-state index is 13.9. The summed E-state index contributed by atoms with van der Waals surface area (Å²) >= 11 is 11.9. The Morgan fingerprint density at radius 3 is 2.33 bits per heavy atom. The van der Waals surface area contributed by atoms with Crippen LogP contribution in [-0.4, -0.2) is 17.9 Å². The molecule has 0 unspecified atom stereocenters. The predicted octanol–water partition coefficient (Wildman–Crippen LogP) is 5.25. The van der Waals surface area contributed by atoms with Crippen molar-refractivity contribution in [2.45, 2.75) is 12.5 Å². The molecule has 8 heteroatoms. The third kappa shape index (κ3) is 5.55. The molecule has 0 fully saturated rings. The first-order valence-electron chi connectivity index (χ1n) is 8.89. The Labute approximate surface area is 181 Å². The average Bonchev–Trinajstić information content (AvgIpc) is 2.70. The summed E-state index contributed by atoms with van der Waals surface area (Å²) in [6.07, 6.45) is 0.145. The molecular formula is C22H16Cl2F2N2O2. The molecule has 3 aromatic rings. The van der Waals surface area contributed by atoms with Gasteiger partial charge in [0.15, 0.2) is 0 Å². The van der Waals surface area contributed by atoms with Gasteiger partial charge in [0.05, 0.1) is 16.3 Å². The molecule has 2 amide bonds. The number of hydrogen-bond donors (Lipinski definition) is 2. The van der Waals surface area contributed by atoms with Gasteiger partial charge in [-0.15, -0.1) is 0 Å². The van der Waals surface area contributed by atoms with E-state index in [2.05, 4.69) is 10.6 Å². The number of amides is 2. The molecule has 0 bridgehead atoms. The van der Waals surface area contributed by atoms with E-state index in [1.807, 2.05) is 6.07 Å². The lowest BCUT2D eigenvalue weighted by Crippen LogP contribution is -2.45. The first kappa shape index (κ1) is 21.7. The summed E-state index contributed by atoms with van der Waals surface area (Å²) < 4.78 is 27.1. The lowest BCUT2D eigenvalue weighted by molar-refractivity contribution is -0.118. The van der Waals surface area contributed by atoms with Crippen LogP contribution >= 0.6 is 23.2 Å². The third-order valence-corrected chi connectivity index (χ3v) is 4.82. The van der Waals surface area contributed by atoms with Gasteiger partial charge in [-0.05, 0) is 35.9 Å². The van der Waals surface area contributed by atoms with E-state index in [9.17, 15) is 18.4 Å². The van der Waals surface area contributed by atoms with E-state index < -0.39 is 29.5 Å². The Balaban J connectivity index is 1.83. The Bertz CT molecular complexity index is 1080. The molecule has 0 aromatic heterocycles. The van der Waals surface area contributed by atoms with Crippen molar-refractivity contribution in [2.75, 3.05) is 5.32 Å². The number of hydrogen-bond acceptors (Lipinski definition) is 2. The molecule has 0 saturated heterocycles. The van der Waals surface area contributed by atoms with Gasteiger partial charge in [-0.3, -0.25) is 9.59 Å². The molecule has 0 aliphatic heterocycles. The molecule has 2 N–H and O–H groups in total. The van der Waals surface area contributed by atoms with Crippen LogP contribution in [0.4, 0.5) is 14.5 Å². The molecule has 0 radical (unpaired) electrons.